The van der Waals surface area contributed by atoms with Crippen molar-refractivity contribution in [3.05, 3.63) is 69.9 Å². The number of hydrogen-bond acceptors (Lipinski definition) is 10. The van der Waals surface area contributed by atoms with E-state index in [1.807, 2.05) is 0 Å². The number of carbonyl (C=O) groups is 4. The Morgan fingerprint density at radius 1 is 1.07 bits per heavy atom. The first-order chi connectivity index (χ1) is 20.6. The van der Waals surface area contributed by atoms with Crippen molar-refractivity contribution in [1.29, 1.82) is 0 Å². The van der Waals surface area contributed by atoms with Gasteiger partial charge >= 0.3 is 6.03 Å². The molecule has 3 amide bonds. The lowest BCUT2D eigenvalue weighted by atomic mass is 9.58. The van der Waals surface area contributed by atoms with E-state index in [2.05, 4.69) is 10.6 Å². The molecule has 8 N–H and O–H groups in total. The van der Waals surface area contributed by atoms with E-state index in [-0.39, 0.29) is 35.4 Å². The molecule has 0 heterocycles. The lowest BCUT2D eigenvalue weighted by Gasteiger charge is -2.50. The summed E-state index contributed by atoms with van der Waals surface area (Å²) in [7, 11) is 6.47. The molecule has 44 heavy (non-hydrogen) atoms. The molecule has 0 bridgehead atoms. The van der Waals surface area contributed by atoms with E-state index in [1.165, 1.54) is 29.2 Å². The Morgan fingerprint density at radius 3 is 2.34 bits per heavy atom. The van der Waals surface area contributed by atoms with E-state index in [1.54, 1.807) is 33.1 Å². The van der Waals surface area contributed by atoms with Crippen molar-refractivity contribution < 1.29 is 44.0 Å². The van der Waals surface area contributed by atoms with Gasteiger partial charge < -0.3 is 41.7 Å². The summed E-state index contributed by atoms with van der Waals surface area (Å²) < 4.78 is 13.6. The van der Waals surface area contributed by atoms with Crippen molar-refractivity contribution in [2.45, 2.75) is 24.5 Å². The molecule has 0 spiro atoms. The van der Waals surface area contributed by atoms with Crippen LogP contribution in [0.15, 0.2) is 53.0 Å². The van der Waals surface area contributed by atoms with Crippen LogP contribution in [0, 0.1) is 17.7 Å². The van der Waals surface area contributed by atoms with Gasteiger partial charge in [-0.05, 0) is 62.7 Å². The predicted octanol–water partition coefficient (Wildman–Crippen LogP) is 1.97. The molecule has 3 aliphatic carbocycles. The van der Waals surface area contributed by atoms with Crippen LogP contribution >= 0.6 is 0 Å². The average molecular weight is 610 g/mol. The summed E-state index contributed by atoms with van der Waals surface area (Å²) in [6.45, 7) is 0. The number of halogens is 1. The number of likely N-dealkylation sites (N-methyl/N-ethyl adjacent to an activating group) is 1. The van der Waals surface area contributed by atoms with Gasteiger partial charge in [-0.3, -0.25) is 19.3 Å². The summed E-state index contributed by atoms with van der Waals surface area (Å²) in [5.74, 6) is -8.32. The molecule has 0 radical (unpaired) electrons. The molecule has 13 nitrogen and oxygen atoms in total. The zero-order valence-electron chi connectivity index (χ0n) is 24.3. The molecule has 3 aliphatic rings. The van der Waals surface area contributed by atoms with E-state index in [4.69, 9.17) is 5.73 Å². The number of aromatic hydroxyl groups is 1. The van der Waals surface area contributed by atoms with Crippen molar-refractivity contribution >= 4 is 40.6 Å². The minimum absolute atomic E-state index is 0.0601. The van der Waals surface area contributed by atoms with Gasteiger partial charge in [0.25, 0.3) is 5.91 Å². The van der Waals surface area contributed by atoms with Crippen LogP contribution in [-0.4, -0.2) is 88.7 Å². The number of amides is 3. The lowest BCUT2D eigenvalue weighted by molar-refractivity contribution is -0.148. The van der Waals surface area contributed by atoms with Crippen molar-refractivity contribution in [3.63, 3.8) is 0 Å². The highest BCUT2D eigenvalue weighted by molar-refractivity contribution is 6.25. The third-order valence-corrected chi connectivity index (χ3v) is 8.51. The summed E-state index contributed by atoms with van der Waals surface area (Å²) in [5, 5.41) is 50.3. The summed E-state index contributed by atoms with van der Waals surface area (Å²) >= 11 is 0. The standard InChI is InChI=1S/C30H32FN5O8/c1-35(2)18-11-17(34-29(43)33-14-7-5-6-13(31)10-14)23(37)20-15(18)8-12-9-16-22(36(3)4)25(39)21(28(32)42)27(41)30(16,44)26(40)19(12)24(20)38/h5-7,10-12,16,22,37,39-40,44H,8-9H2,1-4H3,(H2,32,42)(H2,33,34,43)/t12-,16-,22+,30-/m0/s1. The molecule has 0 aromatic heterocycles. The smallest absolute Gasteiger partial charge is 0.323 e. The van der Waals surface area contributed by atoms with Crippen molar-refractivity contribution in [2.75, 3.05) is 43.7 Å². The number of benzene rings is 2. The Labute approximate surface area is 251 Å². The molecule has 0 aliphatic heterocycles. The number of primary amides is 1. The number of nitrogens with zero attached hydrogens (tertiary/aromatic N) is 2. The van der Waals surface area contributed by atoms with Crippen LogP contribution in [-0.2, 0) is 16.0 Å². The molecule has 0 fully saturated rings. The van der Waals surface area contributed by atoms with Crippen LogP contribution < -0.4 is 21.3 Å². The molecule has 2 aromatic carbocycles. The zero-order valence-corrected chi connectivity index (χ0v) is 24.3. The maximum Gasteiger partial charge on any atom is 0.323 e. The van der Waals surface area contributed by atoms with Gasteiger partial charge in [-0.2, -0.15) is 0 Å². The third kappa shape index (κ3) is 4.53. The van der Waals surface area contributed by atoms with Crippen LogP contribution in [0.3, 0.4) is 0 Å². The minimum atomic E-state index is -2.77. The van der Waals surface area contributed by atoms with Gasteiger partial charge in [-0.25, -0.2) is 9.18 Å². The molecular formula is C30H32FN5O8. The third-order valence-electron chi connectivity index (χ3n) is 8.51. The quantitative estimate of drug-likeness (QED) is 0.194. The highest BCUT2D eigenvalue weighted by atomic mass is 19.1. The monoisotopic (exact) mass is 609 g/mol. The molecule has 0 saturated carbocycles. The van der Waals surface area contributed by atoms with E-state index in [9.17, 15) is 44.0 Å². The number of phenolic OH excluding ortho intramolecular Hbond substituents is 1. The Bertz CT molecular complexity index is 1700. The van der Waals surface area contributed by atoms with Crippen LogP contribution in [0.2, 0.25) is 0 Å². The normalized spacial score (nSPS) is 24.5. The first-order valence-corrected chi connectivity index (χ1v) is 13.6. The maximum absolute atomic E-state index is 14.1. The molecule has 232 valence electrons. The van der Waals surface area contributed by atoms with Gasteiger partial charge in [0.05, 0.1) is 17.3 Å². The van der Waals surface area contributed by atoms with Crippen molar-refractivity contribution in [1.82, 2.24) is 4.90 Å². The summed E-state index contributed by atoms with van der Waals surface area (Å²) in [5.41, 5.74) is 1.91. The van der Waals surface area contributed by atoms with Crippen molar-refractivity contribution in [2.24, 2.45) is 17.6 Å². The first kappa shape index (κ1) is 30.5. The highest BCUT2D eigenvalue weighted by Crippen LogP contribution is 2.53. The fourth-order valence-corrected chi connectivity index (χ4v) is 6.64. The number of anilines is 3. The van der Waals surface area contributed by atoms with E-state index >= 15 is 0 Å². The fraction of sp³-hybridized carbons (Fsp3) is 0.333. The molecule has 2 aromatic rings. The number of fused-ring (bicyclic) bond motifs is 3. The Morgan fingerprint density at radius 2 is 1.75 bits per heavy atom. The number of Topliss-reactive ketones (excluding diaryl/α,β-unsaturated/α-hetero) is 2. The van der Waals surface area contributed by atoms with Gasteiger partial charge in [0.2, 0.25) is 5.78 Å². The molecule has 4 atom stereocenters. The van der Waals surface area contributed by atoms with Crippen LogP contribution in [0.1, 0.15) is 22.3 Å². The molecule has 0 unspecified atom stereocenters. The molecule has 0 saturated heterocycles. The number of nitrogens with two attached hydrogens (primary N) is 1. The summed E-state index contributed by atoms with van der Waals surface area (Å²) in [6, 6.07) is 4.64. The second-order valence-corrected chi connectivity index (χ2v) is 11.6. The van der Waals surface area contributed by atoms with E-state index in [0.717, 1.165) is 6.07 Å². The predicted molar refractivity (Wildman–Crippen MR) is 157 cm³/mol. The second kappa shape index (κ2) is 10.6. The number of ketones is 2. The Hall–Kier alpha value is -4.95. The summed E-state index contributed by atoms with van der Waals surface area (Å²) in [4.78, 5) is 55.6. The van der Waals surface area contributed by atoms with Gasteiger partial charge in [-0.15, -0.1) is 0 Å². The number of nitrogens with one attached hydrogen (secondary N) is 2. The largest absolute Gasteiger partial charge is 0.510 e. The Balaban J connectivity index is 1.62. The van der Waals surface area contributed by atoms with Crippen LogP contribution in [0.25, 0.3) is 0 Å². The first-order valence-electron chi connectivity index (χ1n) is 13.6. The second-order valence-electron chi connectivity index (χ2n) is 11.6. The fourth-order valence-electron chi connectivity index (χ4n) is 6.64. The lowest BCUT2D eigenvalue weighted by Crippen LogP contribution is -2.63. The van der Waals surface area contributed by atoms with Crippen LogP contribution in [0.4, 0.5) is 26.2 Å². The van der Waals surface area contributed by atoms with Gasteiger partial charge in [0.1, 0.15) is 22.9 Å². The number of rotatable bonds is 5. The van der Waals surface area contributed by atoms with Gasteiger partial charge in [0.15, 0.2) is 17.1 Å². The maximum atomic E-state index is 14.1. The summed E-state index contributed by atoms with van der Waals surface area (Å²) in [6.07, 6.45) is 0.0147. The zero-order chi connectivity index (χ0) is 32.4. The topological polar surface area (TPSA) is 206 Å². The Kier molecular flexibility index (Phi) is 7.38. The average Bonchev–Trinajstić information content (AvgIpc) is 2.91. The van der Waals surface area contributed by atoms with Crippen molar-refractivity contribution in [3.8, 4) is 5.75 Å². The molecule has 5 rings (SSSR count). The highest BCUT2D eigenvalue weighted by Gasteiger charge is 2.63. The number of aliphatic hydroxyl groups excluding tert-OH is 2. The SMILES string of the molecule is CN(C)c1cc(NC(=O)Nc2cccc(F)c2)c(O)c2c1C[C@H]1C[C@H]3[C@@H](N(C)C)C(O)=C(C(N)=O)C(=O)[C@@]3(O)C(O)=C1C2=O. The number of aliphatic hydroxyl groups is 3. The van der Waals surface area contributed by atoms with E-state index in [0.29, 0.717) is 11.3 Å². The van der Waals surface area contributed by atoms with Crippen LogP contribution in [0.5, 0.6) is 5.75 Å². The number of carbonyl (C=O) groups excluding carboxylic acids is 4. The minimum Gasteiger partial charge on any atom is -0.510 e. The number of hydrogen-bond donors (Lipinski definition) is 7. The van der Waals surface area contributed by atoms with E-state index < -0.39 is 75.6 Å². The number of phenols is 1. The van der Waals surface area contributed by atoms with Gasteiger partial charge in [0, 0.05) is 37.0 Å². The molecule has 14 heteroatoms. The molecular weight excluding hydrogens is 577 g/mol. The van der Waals surface area contributed by atoms with Gasteiger partial charge in [-0.1, -0.05) is 6.07 Å². The number of urea groups is 1. The number of allylic oxidation sites excluding steroid dienone is 1.